The molecule has 0 aliphatic rings. The molecule has 1 aromatic carbocycles. The van der Waals surface area contributed by atoms with Crippen molar-refractivity contribution in [3.05, 3.63) is 46.8 Å². The summed E-state index contributed by atoms with van der Waals surface area (Å²) in [6, 6.07) is 5.10. The second kappa shape index (κ2) is 5.74. The molecule has 6 nitrogen and oxygen atoms in total. The van der Waals surface area contributed by atoms with Crippen LogP contribution in [-0.4, -0.2) is 18.6 Å². The summed E-state index contributed by atoms with van der Waals surface area (Å²) in [4.78, 5) is 0.274. The van der Waals surface area contributed by atoms with E-state index in [1.165, 1.54) is 0 Å². The number of aryl methyl sites for hydroxylation is 2. The zero-order valence-electron chi connectivity index (χ0n) is 11.5. The second-order valence-electron chi connectivity index (χ2n) is 4.65. The molecule has 4 N–H and O–H groups in total. The molecule has 0 bridgehead atoms. The van der Waals surface area contributed by atoms with Crippen LogP contribution in [0.5, 0.6) is 0 Å². The van der Waals surface area contributed by atoms with E-state index in [0.29, 0.717) is 12.1 Å². The van der Waals surface area contributed by atoms with Crippen LogP contribution in [-0.2, 0) is 23.1 Å². The molecule has 20 heavy (non-hydrogen) atoms. The van der Waals surface area contributed by atoms with Crippen molar-refractivity contribution in [1.29, 1.82) is 0 Å². The van der Waals surface area contributed by atoms with Gasteiger partial charge in [0.05, 0.1) is 11.1 Å². The molecule has 0 saturated carbocycles. The number of aromatic nitrogens is 2. The molecule has 0 amide bonds. The SMILES string of the molecule is Cc1cc(CN)ccc1S(=O)(=O)NCc1cn[nH]c1C. The van der Waals surface area contributed by atoms with Crippen molar-refractivity contribution in [2.24, 2.45) is 5.73 Å². The quantitative estimate of drug-likeness (QED) is 0.764. The van der Waals surface area contributed by atoms with Crippen LogP contribution in [0.15, 0.2) is 29.3 Å². The molecule has 0 aliphatic carbocycles. The number of benzene rings is 1. The van der Waals surface area contributed by atoms with Gasteiger partial charge in [-0.25, -0.2) is 13.1 Å². The summed E-state index contributed by atoms with van der Waals surface area (Å²) in [7, 11) is -3.54. The monoisotopic (exact) mass is 294 g/mol. The number of nitrogens with two attached hydrogens (primary N) is 1. The molecular formula is C13H18N4O2S. The number of aromatic amines is 1. The molecule has 0 fully saturated rings. The predicted molar refractivity (Wildman–Crippen MR) is 76.4 cm³/mol. The maximum absolute atomic E-state index is 12.3. The Hall–Kier alpha value is -1.70. The average Bonchev–Trinajstić information content (AvgIpc) is 2.81. The van der Waals surface area contributed by atoms with Crippen molar-refractivity contribution < 1.29 is 8.42 Å². The number of nitrogens with one attached hydrogen (secondary N) is 2. The number of hydrogen-bond acceptors (Lipinski definition) is 4. The lowest BCUT2D eigenvalue weighted by molar-refractivity contribution is 0.580. The van der Waals surface area contributed by atoms with E-state index in [2.05, 4.69) is 14.9 Å². The molecule has 0 radical (unpaired) electrons. The van der Waals surface area contributed by atoms with Crippen LogP contribution in [0.4, 0.5) is 0 Å². The standard InChI is InChI=1S/C13H18N4O2S/c1-9-5-11(6-14)3-4-13(9)20(18,19)16-8-12-7-15-17-10(12)2/h3-5,7,16H,6,8,14H2,1-2H3,(H,15,17). The van der Waals surface area contributed by atoms with E-state index in [1.54, 1.807) is 31.3 Å². The molecule has 2 aromatic rings. The van der Waals surface area contributed by atoms with E-state index in [0.717, 1.165) is 16.8 Å². The third-order valence-corrected chi connectivity index (χ3v) is 4.71. The van der Waals surface area contributed by atoms with Gasteiger partial charge in [-0.15, -0.1) is 0 Å². The van der Waals surface area contributed by atoms with Crippen molar-refractivity contribution in [2.45, 2.75) is 31.8 Å². The van der Waals surface area contributed by atoms with Crippen LogP contribution in [0.2, 0.25) is 0 Å². The number of sulfonamides is 1. The first kappa shape index (κ1) is 14.7. The topological polar surface area (TPSA) is 101 Å². The Balaban J connectivity index is 2.20. The van der Waals surface area contributed by atoms with Gasteiger partial charge < -0.3 is 5.73 Å². The third kappa shape index (κ3) is 3.06. The Morgan fingerprint density at radius 3 is 2.65 bits per heavy atom. The highest BCUT2D eigenvalue weighted by Crippen LogP contribution is 2.17. The molecule has 0 unspecified atom stereocenters. The third-order valence-electron chi connectivity index (χ3n) is 3.15. The highest BCUT2D eigenvalue weighted by molar-refractivity contribution is 7.89. The first-order chi connectivity index (χ1) is 9.44. The lowest BCUT2D eigenvalue weighted by Gasteiger charge is -2.10. The van der Waals surface area contributed by atoms with Gasteiger partial charge in [0.15, 0.2) is 0 Å². The Morgan fingerprint density at radius 2 is 2.10 bits per heavy atom. The van der Waals surface area contributed by atoms with Crippen LogP contribution in [0.3, 0.4) is 0 Å². The number of hydrogen-bond donors (Lipinski definition) is 3. The average molecular weight is 294 g/mol. The minimum absolute atomic E-state index is 0.211. The van der Waals surface area contributed by atoms with E-state index in [4.69, 9.17) is 5.73 Å². The van der Waals surface area contributed by atoms with Crippen LogP contribution in [0.1, 0.15) is 22.4 Å². The highest BCUT2D eigenvalue weighted by atomic mass is 32.2. The molecule has 0 spiro atoms. The van der Waals surface area contributed by atoms with Gasteiger partial charge in [-0.2, -0.15) is 5.10 Å². The lowest BCUT2D eigenvalue weighted by atomic mass is 10.1. The molecule has 2 rings (SSSR count). The smallest absolute Gasteiger partial charge is 0.241 e. The second-order valence-corrected chi connectivity index (χ2v) is 6.38. The first-order valence-electron chi connectivity index (χ1n) is 6.22. The number of rotatable bonds is 5. The van der Waals surface area contributed by atoms with Crippen LogP contribution >= 0.6 is 0 Å². The molecule has 1 heterocycles. The maximum atomic E-state index is 12.3. The zero-order chi connectivity index (χ0) is 14.8. The van der Waals surface area contributed by atoms with E-state index >= 15 is 0 Å². The minimum atomic E-state index is -3.54. The van der Waals surface area contributed by atoms with Crippen molar-refractivity contribution in [3.63, 3.8) is 0 Å². The fourth-order valence-electron chi connectivity index (χ4n) is 1.94. The first-order valence-corrected chi connectivity index (χ1v) is 7.70. The Kier molecular flexibility index (Phi) is 4.22. The largest absolute Gasteiger partial charge is 0.326 e. The van der Waals surface area contributed by atoms with E-state index in [9.17, 15) is 8.42 Å². The Labute approximate surface area is 118 Å². The minimum Gasteiger partial charge on any atom is -0.326 e. The normalized spacial score (nSPS) is 11.8. The van der Waals surface area contributed by atoms with Crippen LogP contribution in [0, 0.1) is 13.8 Å². The summed E-state index contributed by atoms with van der Waals surface area (Å²) in [5, 5.41) is 6.63. The molecule has 1 aromatic heterocycles. The van der Waals surface area contributed by atoms with Gasteiger partial charge in [0, 0.05) is 24.3 Å². The lowest BCUT2D eigenvalue weighted by Crippen LogP contribution is -2.24. The molecule has 0 saturated heterocycles. The fraction of sp³-hybridized carbons (Fsp3) is 0.308. The summed E-state index contributed by atoms with van der Waals surface area (Å²) in [6.07, 6.45) is 1.61. The van der Waals surface area contributed by atoms with E-state index in [1.807, 2.05) is 6.92 Å². The van der Waals surface area contributed by atoms with Crippen molar-refractivity contribution >= 4 is 10.0 Å². The predicted octanol–water partition coefficient (Wildman–Crippen LogP) is 0.964. The van der Waals surface area contributed by atoms with Crippen LogP contribution < -0.4 is 10.5 Å². The summed E-state index contributed by atoms with van der Waals surface area (Å²) in [6.45, 7) is 4.21. The van der Waals surface area contributed by atoms with Gasteiger partial charge in [0.2, 0.25) is 10.0 Å². The van der Waals surface area contributed by atoms with Crippen molar-refractivity contribution in [2.75, 3.05) is 0 Å². The van der Waals surface area contributed by atoms with E-state index < -0.39 is 10.0 Å². The van der Waals surface area contributed by atoms with Gasteiger partial charge in [-0.05, 0) is 31.0 Å². The molecule has 7 heteroatoms. The fourth-order valence-corrected chi connectivity index (χ4v) is 3.18. The zero-order valence-corrected chi connectivity index (χ0v) is 12.3. The highest BCUT2D eigenvalue weighted by Gasteiger charge is 2.17. The Morgan fingerprint density at radius 1 is 1.35 bits per heavy atom. The van der Waals surface area contributed by atoms with Crippen LogP contribution in [0.25, 0.3) is 0 Å². The number of nitrogens with zero attached hydrogens (tertiary/aromatic N) is 1. The van der Waals surface area contributed by atoms with Gasteiger partial charge >= 0.3 is 0 Å². The van der Waals surface area contributed by atoms with Gasteiger partial charge in [-0.3, -0.25) is 5.10 Å². The Bertz CT molecular complexity index is 707. The summed E-state index contributed by atoms with van der Waals surface area (Å²) >= 11 is 0. The molecule has 108 valence electrons. The molecule has 0 atom stereocenters. The number of H-pyrrole nitrogens is 1. The van der Waals surface area contributed by atoms with Gasteiger partial charge in [-0.1, -0.05) is 12.1 Å². The molecule has 0 aliphatic heterocycles. The van der Waals surface area contributed by atoms with Crippen molar-refractivity contribution in [1.82, 2.24) is 14.9 Å². The van der Waals surface area contributed by atoms with Crippen molar-refractivity contribution in [3.8, 4) is 0 Å². The molecular weight excluding hydrogens is 276 g/mol. The summed E-state index contributed by atoms with van der Waals surface area (Å²) < 4.78 is 27.2. The van der Waals surface area contributed by atoms with Gasteiger partial charge in [0.25, 0.3) is 0 Å². The summed E-state index contributed by atoms with van der Waals surface area (Å²) in [5.41, 5.74) is 8.81. The van der Waals surface area contributed by atoms with E-state index in [-0.39, 0.29) is 11.4 Å². The summed E-state index contributed by atoms with van der Waals surface area (Å²) in [5.74, 6) is 0. The maximum Gasteiger partial charge on any atom is 0.241 e. The van der Waals surface area contributed by atoms with Gasteiger partial charge in [0.1, 0.15) is 0 Å².